The first-order valence-corrected chi connectivity index (χ1v) is 10.1. The minimum absolute atomic E-state index is 0.118. The molecule has 2 aromatic heterocycles. The van der Waals surface area contributed by atoms with Crippen LogP contribution < -0.4 is 10.1 Å². The SMILES string of the molecule is CCOc1cc(-c2cnn(C)c2)nc2cc(C(=O)NCCCC3=NN=CC3)ccc12. The monoisotopic (exact) mass is 404 g/mol. The molecule has 4 rings (SSSR count). The van der Waals surface area contributed by atoms with Crippen LogP contribution in [0.4, 0.5) is 0 Å². The largest absolute Gasteiger partial charge is 0.493 e. The van der Waals surface area contributed by atoms with Gasteiger partial charge in [0.25, 0.3) is 5.91 Å². The number of carbonyl (C=O) groups excluding carboxylic acids is 1. The fourth-order valence-corrected chi connectivity index (χ4v) is 3.37. The molecule has 1 aliphatic heterocycles. The Bertz CT molecular complexity index is 1130. The number of aromatic nitrogens is 3. The van der Waals surface area contributed by atoms with Crippen LogP contribution in [-0.4, -0.2) is 45.7 Å². The van der Waals surface area contributed by atoms with Gasteiger partial charge in [-0.3, -0.25) is 9.48 Å². The number of nitrogens with zero attached hydrogens (tertiary/aromatic N) is 5. The van der Waals surface area contributed by atoms with E-state index >= 15 is 0 Å². The summed E-state index contributed by atoms with van der Waals surface area (Å²) < 4.78 is 7.56. The van der Waals surface area contributed by atoms with E-state index in [1.54, 1.807) is 23.2 Å². The van der Waals surface area contributed by atoms with Crippen LogP contribution in [0.15, 0.2) is 46.9 Å². The summed E-state index contributed by atoms with van der Waals surface area (Å²) in [5, 5.41) is 16.0. The fraction of sp³-hybridized carbons (Fsp3) is 0.318. The number of benzene rings is 1. The van der Waals surface area contributed by atoms with Crippen LogP contribution in [-0.2, 0) is 7.05 Å². The summed E-state index contributed by atoms with van der Waals surface area (Å²) in [5.41, 5.74) is 4.00. The lowest BCUT2D eigenvalue weighted by Crippen LogP contribution is -2.24. The van der Waals surface area contributed by atoms with Crippen molar-refractivity contribution in [3.8, 4) is 17.0 Å². The molecule has 0 saturated carbocycles. The Hall–Kier alpha value is -3.55. The number of hydrogen-bond acceptors (Lipinski definition) is 6. The lowest BCUT2D eigenvalue weighted by Gasteiger charge is -2.11. The Morgan fingerprint density at radius 1 is 1.30 bits per heavy atom. The van der Waals surface area contributed by atoms with E-state index in [-0.39, 0.29) is 5.91 Å². The van der Waals surface area contributed by atoms with Gasteiger partial charge in [-0.15, -0.1) is 0 Å². The normalized spacial score (nSPS) is 12.9. The quantitative estimate of drug-likeness (QED) is 0.583. The van der Waals surface area contributed by atoms with Gasteiger partial charge in [0.2, 0.25) is 0 Å². The number of nitrogens with one attached hydrogen (secondary N) is 1. The van der Waals surface area contributed by atoms with Crippen molar-refractivity contribution in [2.45, 2.75) is 26.2 Å². The number of ether oxygens (including phenoxy) is 1. The molecular weight excluding hydrogens is 380 g/mol. The molecule has 1 aliphatic rings. The lowest BCUT2D eigenvalue weighted by molar-refractivity contribution is 0.0953. The third-order valence-corrected chi connectivity index (χ3v) is 4.87. The molecular formula is C22H24N6O2. The number of aryl methyl sites for hydroxylation is 1. The average molecular weight is 404 g/mol. The van der Waals surface area contributed by atoms with E-state index in [4.69, 9.17) is 9.72 Å². The van der Waals surface area contributed by atoms with Crippen LogP contribution in [0.3, 0.4) is 0 Å². The molecule has 1 N–H and O–H groups in total. The molecule has 30 heavy (non-hydrogen) atoms. The third-order valence-electron chi connectivity index (χ3n) is 4.87. The molecule has 8 heteroatoms. The summed E-state index contributed by atoms with van der Waals surface area (Å²) in [6.45, 7) is 3.08. The van der Waals surface area contributed by atoms with Crippen molar-refractivity contribution in [2.24, 2.45) is 17.3 Å². The van der Waals surface area contributed by atoms with Gasteiger partial charge in [-0.1, -0.05) is 0 Å². The zero-order valence-corrected chi connectivity index (χ0v) is 17.1. The molecule has 3 aromatic rings. The second-order valence-electron chi connectivity index (χ2n) is 7.10. The number of amides is 1. The number of fused-ring (bicyclic) bond motifs is 1. The first kappa shape index (κ1) is 19.8. The van der Waals surface area contributed by atoms with E-state index < -0.39 is 0 Å². The molecule has 8 nitrogen and oxygen atoms in total. The Morgan fingerprint density at radius 3 is 2.93 bits per heavy atom. The highest BCUT2D eigenvalue weighted by Crippen LogP contribution is 2.30. The van der Waals surface area contributed by atoms with Gasteiger partial charge in [-0.05, 0) is 38.0 Å². The van der Waals surface area contributed by atoms with Crippen molar-refractivity contribution in [2.75, 3.05) is 13.2 Å². The molecule has 1 amide bonds. The summed E-state index contributed by atoms with van der Waals surface area (Å²) in [6.07, 6.45) is 7.95. The topological polar surface area (TPSA) is 93.8 Å². The summed E-state index contributed by atoms with van der Waals surface area (Å²) in [7, 11) is 1.86. The van der Waals surface area contributed by atoms with Crippen LogP contribution >= 0.6 is 0 Å². The second kappa shape index (κ2) is 8.86. The molecule has 0 fully saturated rings. The number of pyridine rings is 1. The van der Waals surface area contributed by atoms with Crippen molar-refractivity contribution in [3.05, 3.63) is 42.2 Å². The summed E-state index contributed by atoms with van der Waals surface area (Å²) in [6, 6.07) is 7.42. The summed E-state index contributed by atoms with van der Waals surface area (Å²) in [5.74, 6) is 0.626. The molecule has 0 aliphatic carbocycles. The maximum Gasteiger partial charge on any atom is 0.251 e. The first-order chi connectivity index (χ1) is 14.6. The number of rotatable bonds is 8. The van der Waals surface area contributed by atoms with Crippen LogP contribution in [0.2, 0.25) is 0 Å². The molecule has 0 saturated heterocycles. The predicted molar refractivity (Wildman–Crippen MR) is 117 cm³/mol. The van der Waals surface area contributed by atoms with Gasteiger partial charge in [0, 0.05) is 60.7 Å². The molecule has 0 radical (unpaired) electrons. The number of carbonyl (C=O) groups is 1. The van der Waals surface area contributed by atoms with E-state index in [0.717, 1.165) is 47.4 Å². The average Bonchev–Trinajstić information content (AvgIpc) is 3.42. The Balaban J connectivity index is 1.53. The molecule has 3 heterocycles. The smallest absolute Gasteiger partial charge is 0.251 e. The fourth-order valence-electron chi connectivity index (χ4n) is 3.37. The molecule has 0 bridgehead atoms. The van der Waals surface area contributed by atoms with Gasteiger partial charge in [-0.25, -0.2) is 4.98 Å². The van der Waals surface area contributed by atoms with Crippen LogP contribution in [0.5, 0.6) is 5.75 Å². The highest BCUT2D eigenvalue weighted by Gasteiger charge is 2.13. The second-order valence-corrected chi connectivity index (χ2v) is 7.10. The number of hydrogen-bond donors (Lipinski definition) is 1. The predicted octanol–water partition coefficient (Wildman–Crippen LogP) is 3.37. The van der Waals surface area contributed by atoms with Crippen molar-refractivity contribution in [1.82, 2.24) is 20.1 Å². The molecule has 0 atom stereocenters. The van der Waals surface area contributed by atoms with E-state index in [2.05, 4.69) is 20.6 Å². The maximum atomic E-state index is 12.6. The minimum atomic E-state index is -0.118. The summed E-state index contributed by atoms with van der Waals surface area (Å²) >= 11 is 0. The van der Waals surface area contributed by atoms with Gasteiger partial charge < -0.3 is 10.1 Å². The van der Waals surface area contributed by atoms with Crippen LogP contribution in [0.25, 0.3) is 22.2 Å². The zero-order valence-electron chi connectivity index (χ0n) is 17.1. The van der Waals surface area contributed by atoms with Crippen LogP contribution in [0, 0.1) is 0 Å². The van der Waals surface area contributed by atoms with Gasteiger partial charge in [0.15, 0.2) is 0 Å². The molecule has 0 unspecified atom stereocenters. The highest BCUT2D eigenvalue weighted by atomic mass is 16.5. The van der Waals surface area contributed by atoms with Crippen LogP contribution in [0.1, 0.15) is 36.5 Å². The Labute approximate surface area is 174 Å². The van der Waals surface area contributed by atoms with E-state index in [1.807, 2.05) is 38.4 Å². The van der Waals surface area contributed by atoms with Gasteiger partial charge in [0.1, 0.15) is 5.75 Å². The van der Waals surface area contributed by atoms with Gasteiger partial charge in [0.05, 0.1) is 24.0 Å². The van der Waals surface area contributed by atoms with Crippen molar-refractivity contribution < 1.29 is 9.53 Å². The maximum absolute atomic E-state index is 12.6. The van der Waals surface area contributed by atoms with E-state index in [1.165, 1.54) is 0 Å². The standard InChI is InChI=1S/C22H24N6O2/c1-3-30-21-12-19(16-13-25-28(2)14-16)26-20-11-15(6-7-18(20)21)22(29)23-9-4-5-17-8-10-24-27-17/h6-7,10-14H,3-5,8-9H2,1-2H3,(H,23,29). The minimum Gasteiger partial charge on any atom is -0.493 e. The summed E-state index contributed by atoms with van der Waals surface area (Å²) in [4.78, 5) is 17.4. The Morgan fingerprint density at radius 2 is 2.20 bits per heavy atom. The molecule has 154 valence electrons. The first-order valence-electron chi connectivity index (χ1n) is 10.1. The molecule has 1 aromatic carbocycles. The van der Waals surface area contributed by atoms with Gasteiger partial charge in [-0.2, -0.15) is 15.3 Å². The molecule has 0 spiro atoms. The van der Waals surface area contributed by atoms with E-state index in [9.17, 15) is 4.79 Å². The van der Waals surface area contributed by atoms with Crippen molar-refractivity contribution in [1.29, 1.82) is 0 Å². The van der Waals surface area contributed by atoms with Crippen molar-refractivity contribution in [3.63, 3.8) is 0 Å². The van der Waals surface area contributed by atoms with Gasteiger partial charge >= 0.3 is 0 Å². The zero-order chi connectivity index (χ0) is 20.9. The Kier molecular flexibility index (Phi) is 5.83. The van der Waals surface area contributed by atoms with Crippen molar-refractivity contribution >= 4 is 28.7 Å². The van der Waals surface area contributed by atoms with E-state index in [0.29, 0.717) is 24.2 Å². The lowest BCUT2D eigenvalue weighted by atomic mass is 10.1. The third kappa shape index (κ3) is 4.37. The highest BCUT2D eigenvalue weighted by molar-refractivity contribution is 6.00.